The first-order valence-electron chi connectivity index (χ1n) is 6.21. The van der Waals surface area contributed by atoms with E-state index < -0.39 is 4.92 Å². The summed E-state index contributed by atoms with van der Waals surface area (Å²) in [6.45, 7) is 0. The van der Waals surface area contributed by atoms with E-state index in [0.29, 0.717) is 5.69 Å². The van der Waals surface area contributed by atoms with E-state index in [1.54, 1.807) is 12.1 Å². The van der Waals surface area contributed by atoms with Crippen molar-refractivity contribution in [3.05, 3.63) is 79.5 Å². The lowest BCUT2D eigenvalue weighted by Crippen LogP contribution is -2.03. The molecule has 0 aliphatic heterocycles. The number of hydrogen-bond donors (Lipinski definition) is 1. The van der Waals surface area contributed by atoms with E-state index in [-0.39, 0.29) is 5.70 Å². The molecule has 2 aromatic carbocycles. The molecular formula is C15H11Br2N3O2. The Morgan fingerprint density at radius 1 is 1.14 bits per heavy atom. The van der Waals surface area contributed by atoms with Gasteiger partial charge in [-0.2, -0.15) is 0 Å². The number of aliphatic imine (C=N–C) groups is 1. The second-order valence-corrected chi connectivity index (χ2v) is 6.05. The summed E-state index contributed by atoms with van der Waals surface area (Å²) in [4.78, 5) is 14.7. The molecule has 0 saturated carbocycles. The van der Waals surface area contributed by atoms with Crippen molar-refractivity contribution in [3.8, 4) is 0 Å². The van der Waals surface area contributed by atoms with Crippen LogP contribution in [0.1, 0.15) is 0 Å². The normalized spacial score (nSPS) is 11.6. The third-order valence-corrected chi connectivity index (χ3v) is 3.56. The first-order valence-corrected chi connectivity index (χ1v) is 7.79. The van der Waals surface area contributed by atoms with Crippen molar-refractivity contribution < 1.29 is 4.92 Å². The van der Waals surface area contributed by atoms with Crippen LogP contribution in [0.15, 0.2) is 74.4 Å². The van der Waals surface area contributed by atoms with Gasteiger partial charge >= 0.3 is 5.70 Å². The Morgan fingerprint density at radius 2 is 1.82 bits per heavy atom. The molecule has 0 unspecified atom stereocenters. The maximum atomic E-state index is 11.1. The van der Waals surface area contributed by atoms with Gasteiger partial charge in [-0.15, -0.1) is 0 Å². The van der Waals surface area contributed by atoms with Gasteiger partial charge in [-0.3, -0.25) is 10.1 Å². The number of anilines is 1. The van der Waals surface area contributed by atoms with Crippen LogP contribution in [0, 0.1) is 10.1 Å². The van der Waals surface area contributed by atoms with Gasteiger partial charge in [-0.05, 0) is 36.4 Å². The highest BCUT2D eigenvalue weighted by atomic mass is 79.9. The van der Waals surface area contributed by atoms with Gasteiger partial charge in [0.25, 0.3) is 0 Å². The van der Waals surface area contributed by atoms with Crippen LogP contribution < -0.4 is 5.32 Å². The predicted octanol–water partition coefficient (Wildman–Crippen LogP) is 5.14. The molecule has 0 bridgehead atoms. The molecule has 0 amide bonds. The van der Waals surface area contributed by atoms with Gasteiger partial charge in [0, 0.05) is 14.6 Å². The highest BCUT2D eigenvalue weighted by Gasteiger charge is 2.07. The summed E-state index contributed by atoms with van der Waals surface area (Å²) >= 11 is 6.67. The summed E-state index contributed by atoms with van der Waals surface area (Å²) in [6.07, 6.45) is 2.52. The van der Waals surface area contributed by atoms with Crippen LogP contribution in [-0.2, 0) is 0 Å². The summed E-state index contributed by atoms with van der Waals surface area (Å²) in [7, 11) is 0. The lowest BCUT2D eigenvalue weighted by molar-refractivity contribution is -0.414. The van der Waals surface area contributed by atoms with Crippen molar-refractivity contribution in [3.63, 3.8) is 0 Å². The molecule has 0 heterocycles. The van der Waals surface area contributed by atoms with Crippen LogP contribution in [0.2, 0.25) is 0 Å². The molecular weight excluding hydrogens is 414 g/mol. The topological polar surface area (TPSA) is 67.5 Å². The van der Waals surface area contributed by atoms with Gasteiger partial charge in [0.2, 0.25) is 0 Å². The molecule has 0 atom stereocenters. The molecule has 0 aliphatic carbocycles. The highest BCUT2D eigenvalue weighted by Crippen LogP contribution is 2.18. The quantitative estimate of drug-likeness (QED) is 0.410. The monoisotopic (exact) mass is 423 g/mol. The number of allylic oxidation sites excluding steroid dienone is 1. The SMILES string of the molecule is O=[N+]([O-])C(C=Nc1cccc(Br)c1)=CNc1cccc(Br)c1. The van der Waals surface area contributed by atoms with E-state index in [1.807, 2.05) is 36.4 Å². The number of halogens is 2. The first kappa shape index (κ1) is 16.4. The summed E-state index contributed by atoms with van der Waals surface area (Å²) in [5.74, 6) is 0. The number of benzene rings is 2. The van der Waals surface area contributed by atoms with E-state index in [4.69, 9.17) is 0 Å². The highest BCUT2D eigenvalue weighted by molar-refractivity contribution is 9.10. The third-order valence-electron chi connectivity index (χ3n) is 2.58. The van der Waals surface area contributed by atoms with Crippen molar-refractivity contribution in [2.75, 3.05) is 5.32 Å². The van der Waals surface area contributed by atoms with E-state index in [1.165, 1.54) is 12.4 Å². The van der Waals surface area contributed by atoms with Crippen LogP contribution in [0.25, 0.3) is 0 Å². The zero-order valence-corrected chi connectivity index (χ0v) is 14.4. The molecule has 2 rings (SSSR count). The fraction of sp³-hybridized carbons (Fsp3) is 0. The van der Waals surface area contributed by atoms with Gasteiger partial charge in [0.15, 0.2) is 0 Å². The fourth-order valence-electron chi connectivity index (χ4n) is 1.57. The van der Waals surface area contributed by atoms with Crippen molar-refractivity contribution in [2.45, 2.75) is 0 Å². The molecule has 0 spiro atoms. The molecule has 1 N–H and O–H groups in total. The van der Waals surface area contributed by atoms with Crippen LogP contribution in [0.3, 0.4) is 0 Å². The zero-order chi connectivity index (χ0) is 15.9. The molecule has 0 aromatic heterocycles. The fourth-order valence-corrected chi connectivity index (χ4v) is 2.36. The molecule has 7 heteroatoms. The van der Waals surface area contributed by atoms with E-state index >= 15 is 0 Å². The number of nitrogens with one attached hydrogen (secondary N) is 1. The summed E-state index contributed by atoms with van der Waals surface area (Å²) in [6, 6.07) is 14.5. The molecule has 2 aromatic rings. The van der Waals surface area contributed by atoms with Crippen LogP contribution >= 0.6 is 31.9 Å². The van der Waals surface area contributed by atoms with E-state index in [9.17, 15) is 10.1 Å². The van der Waals surface area contributed by atoms with Crippen molar-refractivity contribution in [1.82, 2.24) is 0 Å². The van der Waals surface area contributed by atoms with Gasteiger partial charge in [-0.1, -0.05) is 44.0 Å². The average molecular weight is 425 g/mol. The van der Waals surface area contributed by atoms with Crippen molar-refractivity contribution >= 4 is 49.4 Å². The van der Waals surface area contributed by atoms with E-state index in [2.05, 4.69) is 42.2 Å². The maximum Gasteiger partial charge on any atom is 0.303 e. The molecule has 0 radical (unpaired) electrons. The largest absolute Gasteiger partial charge is 0.356 e. The van der Waals surface area contributed by atoms with Crippen molar-refractivity contribution in [1.29, 1.82) is 0 Å². The number of nitrogens with zero attached hydrogens (tertiary/aromatic N) is 2. The first-order chi connectivity index (χ1) is 10.5. The molecule has 0 saturated heterocycles. The predicted molar refractivity (Wildman–Crippen MR) is 95.1 cm³/mol. The standard InChI is InChI=1S/C15H11Br2N3O2/c16-11-3-1-5-13(7-11)18-9-15(20(21)22)10-19-14-6-2-4-12(17)8-14/h1-10,18H. The molecule has 0 fully saturated rings. The smallest absolute Gasteiger partial charge is 0.303 e. The van der Waals surface area contributed by atoms with Gasteiger partial charge in [0.1, 0.15) is 6.21 Å². The Kier molecular flexibility index (Phi) is 5.85. The summed E-state index contributed by atoms with van der Waals surface area (Å²) in [5.41, 5.74) is 1.23. The van der Waals surface area contributed by atoms with Crippen LogP contribution in [0.5, 0.6) is 0 Å². The minimum absolute atomic E-state index is 0.139. The Labute approximate surface area is 144 Å². The number of hydrogen-bond acceptors (Lipinski definition) is 4. The second kappa shape index (κ2) is 7.86. The minimum Gasteiger partial charge on any atom is -0.356 e. The van der Waals surface area contributed by atoms with Crippen LogP contribution in [-0.4, -0.2) is 11.1 Å². The lowest BCUT2D eigenvalue weighted by Gasteiger charge is -2.00. The zero-order valence-electron chi connectivity index (χ0n) is 11.2. The van der Waals surface area contributed by atoms with E-state index in [0.717, 1.165) is 14.6 Å². The number of nitro groups is 1. The van der Waals surface area contributed by atoms with Crippen LogP contribution in [0.4, 0.5) is 11.4 Å². The minimum atomic E-state index is -0.494. The molecule has 112 valence electrons. The van der Waals surface area contributed by atoms with Gasteiger partial charge < -0.3 is 5.32 Å². The second-order valence-electron chi connectivity index (χ2n) is 4.22. The Bertz CT molecular complexity index is 745. The third kappa shape index (κ3) is 5.09. The summed E-state index contributed by atoms with van der Waals surface area (Å²) in [5, 5.41) is 13.9. The van der Waals surface area contributed by atoms with Gasteiger partial charge in [0.05, 0.1) is 16.8 Å². The number of rotatable bonds is 5. The maximum absolute atomic E-state index is 11.1. The lowest BCUT2D eigenvalue weighted by atomic mass is 10.3. The molecule has 22 heavy (non-hydrogen) atoms. The van der Waals surface area contributed by atoms with Crippen molar-refractivity contribution in [2.24, 2.45) is 4.99 Å². The average Bonchev–Trinajstić information content (AvgIpc) is 2.47. The molecule has 0 aliphatic rings. The Hall–Kier alpha value is -1.99. The summed E-state index contributed by atoms with van der Waals surface area (Å²) < 4.78 is 1.75. The Balaban J connectivity index is 2.16. The molecule has 5 nitrogen and oxygen atoms in total. The van der Waals surface area contributed by atoms with Gasteiger partial charge in [-0.25, -0.2) is 4.99 Å². The Morgan fingerprint density at radius 3 is 2.45 bits per heavy atom.